The third kappa shape index (κ3) is 2.47. The van der Waals surface area contributed by atoms with Gasteiger partial charge >= 0.3 is 0 Å². The number of anilines is 1. The molecule has 1 aliphatic heterocycles. The van der Waals surface area contributed by atoms with Gasteiger partial charge in [-0.1, -0.05) is 43.7 Å². The predicted molar refractivity (Wildman–Crippen MR) is 87.4 cm³/mol. The summed E-state index contributed by atoms with van der Waals surface area (Å²) in [7, 11) is 0. The Morgan fingerprint density at radius 3 is 2.65 bits per heavy atom. The second-order valence-corrected chi connectivity index (χ2v) is 6.99. The van der Waals surface area contributed by atoms with Crippen LogP contribution in [0.5, 0.6) is 0 Å². The number of fused-ring (bicyclic) bond motifs is 1. The van der Waals surface area contributed by atoms with Gasteiger partial charge in [0, 0.05) is 18.4 Å². The van der Waals surface area contributed by atoms with Crippen LogP contribution in [0.15, 0.2) is 34.9 Å². The zero-order valence-corrected chi connectivity index (χ0v) is 13.7. The predicted octanol–water partition coefficient (Wildman–Crippen LogP) is 4.45. The molecule has 1 N–H and O–H groups in total. The van der Waals surface area contributed by atoms with Crippen molar-refractivity contribution >= 4 is 21.6 Å². The fourth-order valence-electron chi connectivity index (χ4n) is 2.63. The van der Waals surface area contributed by atoms with Crippen LogP contribution in [0.25, 0.3) is 0 Å². The molecule has 2 aromatic rings. The summed E-state index contributed by atoms with van der Waals surface area (Å²) in [5.74, 6) is 0. The summed E-state index contributed by atoms with van der Waals surface area (Å²) < 4.78 is 0.966. The maximum Gasteiger partial charge on any atom is 0.110 e. The van der Waals surface area contributed by atoms with E-state index in [9.17, 15) is 0 Å². The fraction of sp³-hybridized carbons (Fsp3) is 0.353. The Bertz CT molecular complexity index is 645. The summed E-state index contributed by atoms with van der Waals surface area (Å²) in [6, 6.07) is 10.9. The molecular formula is C17H19BrN2. The molecule has 0 saturated carbocycles. The quantitative estimate of drug-likeness (QED) is 0.823. The van der Waals surface area contributed by atoms with Gasteiger partial charge in [-0.3, -0.25) is 0 Å². The molecule has 1 aliphatic rings. The molecule has 0 spiro atoms. The molecule has 0 amide bonds. The highest BCUT2D eigenvalue weighted by Crippen LogP contribution is 2.37. The number of aryl methyl sites for hydroxylation is 1. The first-order valence-electron chi connectivity index (χ1n) is 6.95. The minimum Gasteiger partial charge on any atom is -0.383 e. The van der Waals surface area contributed by atoms with E-state index in [-0.39, 0.29) is 5.41 Å². The number of hydrogen-bond donors (Lipinski definition) is 1. The molecule has 3 rings (SSSR count). The number of halogens is 1. The van der Waals surface area contributed by atoms with Gasteiger partial charge in [0.15, 0.2) is 0 Å². The van der Waals surface area contributed by atoms with Crippen molar-refractivity contribution in [3.63, 3.8) is 0 Å². The molecule has 0 fully saturated rings. The highest BCUT2D eigenvalue weighted by Gasteiger charge is 2.32. The minimum absolute atomic E-state index is 0.111. The van der Waals surface area contributed by atoms with E-state index in [4.69, 9.17) is 4.98 Å². The SMILES string of the molecule is Cc1ccc(Cc2cc3c(nc2Br)C(C)(C)CN3)cc1. The van der Waals surface area contributed by atoms with E-state index in [1.165, 1.54) is 22.4 Å². The molecule has 0 radical (unpaired) electrons. The lowest BCUT2D eigenvalue weighted by Gasteiger charge is -2.16. The molecule has 0 bridgehead atoms. The van der Waals surface area contributed by atoms with Crippen molar-refractivity contribution in [2.24, 2.45) is 0 Å². The summed E-state index contributed by atoms with van der Waals surface area (Å²) in [6.45, 7) is 7.52. The molecule has 0 atom stereocenters. The number of aromatic nitrogens is 1. The zero-order valence-electron chi connectivity index (χ0n) is 12.1. The van der Waals surface area contributed by atoms with Crippen LogP contribution in [0.4, 0.5) is 5.69 Å². The van der Waals surface area contributed by atoms with E-state index in [0.29, 0.717) is 0 Å². The van der Waals surface area contributed by atoms with Gasteiger partial charge in [0.25, 0.3) is 0 Å². The minimum atomic E-state index is 0.111. The molecule has 0 aliphatic carbocycles. The van der Waals surface area contributed by atoms with Gasteiger partial charge in [0.05, 0.1) is 11.4 Å². The van der Waals surface area contributed by atoms with Crippen molar-refractivity contribution in [1.29, 1.82) is 0 Å². The molecule has 0 unspecified atom stereocenters. The molecule has 3 heteroatoms. The summed E-state index contributed by atoms with van der Waals surface area (Å²) in [4.78, 5) is 4.77. The van der Waals surface area contributed by atoms with Crippen LogP contribution in [0.1, 0.15) is 36.2 Å². The van der Waals surface area contributed by atoms with Crippen LogP contribution in [-0.4, -0.2) is 11.5 Å². The molecule has 1 aromatic carbocycles. The molecule has 1 aromatic heterocycles. The number of pyridine rings is 1. The molecule has 0 saturated heterocycles. The van der Waals surface area contributed by atoms with Gasteiger partial charge in [0.2, 0.25) is 0 Å². The Hall–Kier alpha value is -1.35. The third-order valence-electron chi connectivity index (χ3n) is 3.93. The van der Waals surface area contributed by atoms with Gasteiger partial charge in [-0.2, -0.15) is 0 Å². The van der Waals surface area contributed by atoms with Gasteiger partial charge in [0.1, 0.15) is 4.60 Å². The summed E-state index contributed by atoms with van der Waals surface area (Å²) in [6.07, 6.45) is 0.906. The number of nitrogens with one attached hydrogen (secondary N) is 1. The van der Waals surface area contributed by atoms with Gasteiger partial charge in [-0.15, -0.1) is 0 Å². The number of hydrogen-bond acceptors (Lipinski definition) is 2. The molecule has 20 heavy (non-hydrogen) atoms. The topological polar surface area (TPSA) is 24.9 Å². The highest BCUT2D eigenvalue weighted by atomic mass is 79.9. The average molecular weight is 331 g/mol. The van der Waals surface area contributed by atoms with Gasteiger partial charge in [-0.25, -0.2) is 4.98 Å². The van der Waals surface area contributed by atoms with E-state index in [1.807, 2.05) is 0 Å². The van der Waals surface area contributed by atoms with E-state index >= 15 is 0 Å². The van der Waals surface area contributed by atoms with Crippen LogP contribution in [0.2, 0.25) is 0 Å². The Morgan fingerprint density at radius 1 is 1.25 bits per heavy atom. The van der Waals surface area contributed by atoms with Crippen LogP contribution in [0.3, 0.4) is 0 Å². The van der Waals surface area contributed by atoms with E-state index in [1.54, 1.807) is 0 Å². The Morgan fingerprint density at radius 2 is 1.95 bits per heavy atom. The van der Waals surface area contributed by atoms with Crippen LogP contribution >= 0.6 is 15.9 Å². The maximum absolute atomic E-state index is 4.77. The van der Waals surface area contributed by atoms with Crippen LogP contribution in [-0.2, 0) is 11.8 Å². The van der Waals surface area contributed by atoms with Gasteiger partial charge in [-0.05, 0) is 40.0 Å². The maximum atomic E-state index is 4.77. The largest absolute Gasteiger partial charge is 0.383 e. The van der Waals surface area contributed by atoms with E-state index in [0.717, 1.165) is 23.3 Å². The monoisotopic (exact) mass is 330 g/mol. The number of rotatable bonds is 2. The Kier molecular flexibility index (Phi) is 3.33. The molecular weight excluding hydrogens is 312 g/mol. The van der Waals surface area contributed by atoms with Crippen LogP contribution in [0, 0.1) is 6.92 Å². The van der Waals surface area contributed by atoms with Crippen molar-refractivity contribution in [2.75, 3.05) is 11.9 Å². The lowest BCUT2D eigenvalue weighted by molar-refractivity contribution is 0.567. The molecule has 2 nitrogen and oxygen atoms in total. The molecule has 104 valence electrons. The van der Waals surface area contributed by atoms with E-state index < -0.39 is 0 Å². The second-order valence-electron chi connectivity index (χ2n) is 6.23. The van der Waals surface area contributed by atoms with Crippen molar-refractivity contribution in [2.45, 2.75) is 32.6 Å². The van der Waals surface area contributed by atoms with Crippen LogP contribution < -0.4 is 5.32 Å². The van der Waals surface area contributed by atoms with E-state index in [2.05, 4.69) is 72.3 Å². The van der Waals surface area contributed by atoms with Crippen molar-refractivity contribution in [3.05, 3.63) is 57.3 Å². The summed E-state index contributed by atoms with van der Waals surface area (Å²) in [5, 5.41) is 3.47. The number of benzene rings is 1. The van der Waals surface area contributed by atoms with Crippen molar-refractivity contribution < 1.29 is 0 Å². The fourth-order valence-corrected chi connectivity index (χ4v) is 3.06. The zero-order chi connectivity index (χ0) is 14.3. The second kappa shape index (κ2) is 4.88. The Labute approximate surface area is 128 Å². The smallest absolute Gasteiger partial charge is 0.110 e. The third-order valence-corrected chi connectivity index (χ3v) is 4.61. The summed E-state index contributed by atoms with van der Waals surface area (Å²) in [5.41, 5.74) is 6.30. The van der Waals surface area contributed by atoms with Gasteiger partial charge < -0.3 is 5.32 Å². The first kappa shape index (κ1) is 13.6. The first-order valence-corrected chi connectivity index (χ1v) is 7.74. The lowest BCUT2D eigenvalue weighted by Crippen LogP contribution is -2.20. The van der Waals surface area contributed by atoms with Crippen molar-refractivity contribution in [3.8, 4) is 0 Å². The first-order chi connectivity index (χ1) is 9.45. The normalized spacial score (nSPS) is 15.8. The summed E-state index contributed by atoms with van der Waals surface area (Å²) >= 11 is 3.63. The standard InChI is InChI=1S/C17H19BrN2/c1-11-4-6-12(7-5-11)8-13-9-14-15(20-16(13)18)17(2,3)10-19-14/h4-7,9,19H,8,10H2,1-3H3. The molecule has 2 heterocycles. The Balaban J connectivity index is 1.94. The lowest BCUT2D eigenvalue weighted by atomic mass is 9.91. The average Bonchev–Trinajstić information content (AvgIpc) is 2.69. The number of nitrogens with zero attached hydrogens (tertiary/aromatic N) is 1. The highest BCUT2D eigenvalue weighted by molar-refractivity contribution is 9.10. The van der Waals surface area contributed by atoms with Crippen molar-refractivity contribution in [1.82, 2.24) is 4.98 Å².